The van der Waals surface area contributed by atoms with E-state index in [0.29, 0.717) is 21.5 Å². The number of nitrogens with two attached hydrogens (primary N) is 1. The van der Waals surface area contributed by atoms with Crippen LogP contribution in [0.5, 0.6) is 5.75 Å². The Labute approximate surface area is 138 Å². The second kappa shape index (κ2) is 7.34. The first-order valence-electron chi connectivity index (χ1n) is 6.29. The lowest BCUT2D eigenvalue weighted by atomic mass is 9.98. The number of hydrazine groups is 1. The Morgan fingerprint density at radius 1 is 1.19 bits per heavy atom. The van der Waals surface area contributed by atoms with Crippen LogP contribution in [0.25, 0.3) is 0 Å². The molecule has 0 saturated carbocycles. The van der Waals surface area contributed by atoms with Crippen molar-refractivity contribution in [1.29, 1.82) is 0 Å². The molecule has 0 heterocycles. The Bertz CT molecular complexity index is 634. The van der Waals surface area contributed by atoms with Crippen LogP contribution < -0.4 is 16.0 Å². The predicted molar refractivity (Wildman–Crippen MR) is 88.2 cm³/mol. The summed E-state index contributed by atoms with van der Waals surface area (Å²) in [5, 5.41) is 1.62. The summed E-state index contributed by atoms with van der Waals surface area (Å²) >= 11 is 18.4. The molecule has 0 aromatic heterocycles. The summed E-state index contributed by atoms with van der Waals surface area (Å²) in [7, 11) is 1.62. The summed E-state index contributed by atoms with van der Waals surface area (Å²) in [6, 6.07) is 10.7. The maximum atomic E-state index is 6.25. The fourth-order valence-electron chi connectivity index (χ4n) is 2.17. The molecule has 0 aliphatic heterocycles. The second-order valence-electron chi connectivity index (χ2n) is 4.52. The molecule has 1 unspecified atom stereocenters. The standard InChI is InChI=1S/C15H15Cl3N2O/c1-21-14-6-5-10(16)7-9(14)8-13(20-19)11-3-2-4-12(17)15(11)18/h2-7,13,20H,8,19H2,1H3. The topological polar surface area (TPSA) is 47.3 Å². The van der Waals surface area contributed by atoms with Crippen LogP contribution in [0.2, 0.25) is 15.1 Å². The third-order valence-corrected chi connectivity index (χ3v) is 4.29. The zero-order valence-electron chi connectivity index (χ0n) is 11.4. The molecule has 6 heteroatoms. The van der Waals surface area contributed by atoms with Crippen molar-refractivity contribution in [1.82, 2.24) is 5.43 Å². The van der Waals surface area contributed by atoms with Gasteiger partial charge in [-0.15, -0.1) is 0 Å². The smallest absolute Gasteiger partial charge is 0.122 e. The summed E-state index contributed by atoms with van der Waals surface area (Å²) in [6.45, 7) is 0. The Balaban J connectivity index is 2.35. The van der Waals surface area contributed by atoms with Crippen LogP contribution in [0.15, 0.2) is 36.4 Å². The summed E-state index contributed by atoms with van der Waals surface area (Å²) in [6.07, 6.45) is 0.570. The first kappa shape index (κ1) is 16.4. The molecule has 0 saturated heterocycles. The highest BCUT2D eigenvalue weighted by atomic mass is 35.5. The highest BCUT2D eigenvalue weighted by molar-refractivity contribution is 6.42. The highest BCUT2D eigenvalue weighted by Gasteiger charge is 2.17. The van der Waals surface area contributed by atoms with Gasteiger partial charge in [0.05, 0.1) is 23.2 Å². The molecule has 0 bridgehead atoms. The second-order valence-corrected chi connectivity index (χ2v) is 5.74. The van der Waals surface area contributed by atoms with E-state index in [1.165, 1.54) is 0 Å². The van der Waals surface area contributed by atoms with Gasteiger partial charge in [0.25, 0.3) is 0 Å². The molecule has 0 aliphatic carbocycles. The molecule has 0 radical (unpaired) electrons. The minimum absolute atomic E-state index is 0.205. The monoisotopic (exact) mass is 344 g/mol. The van der Waals surface area contributed by atoms with E-state index in [1.807, 2.05) is 24.3 Å². The largest absolute Gasteiger partial charge is 0.496 e. The van der Waals surface area contributed by atoms with Crippen molar-refractivity contribution in [3.63, 3.8) is 0 Å². The third-order valence-electron chi connectivity index (χ3n) is 3.22. The van der Waals surface area contributed by atoms with Crippen molar-refractivity contribution in [3.05, 3.63) is 62.6 Å². The minimum Gasteiger partial charge on any atom is -0.496 e. The SMILES string of the molecule is COc1ccc(Cl)cc1CC(NN)c1cccc(Cl)c1Cl. The van der Waals surface area contributed by atoms with Gasteiger partial charge in [-0.1, -0.05) is 46.9 Å². The van der Waals surface area contributed by atoms with Crippen molar-refractivity contribution in [3.8, 4) is 5.75 Å². The van der Waals surface area contributed by atoms with Gasteiger partial charge >= 0.3 is 0 Å². The molecule has 0 fully saturated rings. The summed E-state index contributed by atoms with van der Waals surface area (Å²) in [5.74, 6) is 6.42. The molecule has 3 nitrogen and oxygen atoms in total. The van der Waals surface area contributed by atoms with Crippen LogP contribution >= 0.6 is 34.8 Å². The Hall–Kier alpha value is -0.970. The van der Waals surface area contributed by atoms with Crippen LogP contribution in [0, 0.1) is 0 Å². The fraction of sp³-hybridized carbons (Fsp3) is 0.200. The average Bonchev–Trinajstić information content (AvgIpc) is 2.48. The molecule has 3 N–H and O–H groups in total. The number of ether oxygens (including phenoxy) is 1. The van der Waals surface area contributed by atoms with Crippen LogP contribution in [0.3, 0.4) is 0 Å². The first-order chi connectivity index (χ1) is 10.1. The van der Waals surface area contributed by atoms with Crippen molar-refractivity contribution < 1.29 is 4.74 Å². The number of methoxy groups -OCH3 is 1. The number of halogens is 3. The number of benzene rings is 2. The summed E-state index contributed by atoms with van der Waals surface area (Å²) in [4.78, 5) is 0. The lowest BCUT2D eigenvalue weighted by Gasteiger charge is -2.20. The van der Waals surface area contributed by atoms with Crippen LogP contribution in [0.1, 0.15) is 17.2 Å². The van der Waals surface area contributed by atoms with Crippen molar-refractivity contribution >= 4 is 34.8 Å². The molecule has 2 aromatic carbocycles. The molecule has 0 spiro atoms. The van der Waals surface area contributed by atoms with Gasteiger partial charge in [-0.3, -0.25) is 11.3 Å². The van der Waals surface area contributed by atoms with E-state index < -0.39 is 0 Å². The van der Waals surface area contributed by atoms with Gasteiger partial charge in [0.1, 0.15) is 5.75 Å². The number of rotatable bonds is 5. The first-order valence-corrected chi connectivity index (χ1v) is 7.42. The molecule has 2 rings (SSSR count). The van der Waals surface area contributed by atoms with Gasteiger partial charge in [-0.25, -0.2) is 0 Å². The highest BCUT2D eigenvalue weighted by Crippen LogP contribution is 2.33. The zero-order valence-corrected chi connectivity index (χ0v) is 13.6. The Kier molecular flexibility index (Phi) is 5.73. The van der Waals surface area contributed by atoms with Crippen LogP contribution in [-0.4, -0.2) is 7.11 Å². The Morgan fingerprint density at radius 3 is 2.62 bits per heavy atom. The van der Waals surface area contributed by atoms with Crippen LogP contribution in [-0.2, 0) is 6.42 Å². The molecule has 1 atom stereocenters. The normalized spacial score (nSPS) is 12.2. The van der Waals surface area contributed by atoms with E-state index in [4.69, 9.17) is 45.4 Å². The van der Waals surface area contributed by atoms with E-state index in [-0.39, 0.29) is 6.04 Å². The molecule has 112 valence electrons. The molecule has 21 heavy (non-hydrogen) atoms. The van der Waals surface area contributed by atoms with E-state index in [1.54, 1.807) is 19.2 Å². The molecular weight excluding hydrogens is 331 g/mol. The molecule has 0 amide bonds. The zero-order chi connectivity index (χ0) is 15.4. The van der Waals surface area contributed by atoms with Gasteiger partial charge in [-0.2, -0.15) is 0 Å². The maximum Gasteiger partial charge on any atom is 0.122 e. The maximum absolute atomic E-state index is 6.25. The summed E-state index contributed by atoms with van der Waals surface area (Å²) in [5.41, 5.74) is 4.53. The van der Waals surface area contributed by atoms with Gasteiger partial charge < -0.3 is 4.74 Å². The third kappa shape index (κ3) is 3.82. The quantitative estimate of drug-likeness (QED) is 0.623. The van der Waals surface area contributed by atoms with Crippen molar-refractivity contribution in [2.45, 2.75) is 12.5 Å². The van der Waals surface area contributed by atoms with Crippen molar-refractivity contribution in [2.75, 3.05) is 7.11 Å². The van der Waals surface area contributed by atoms with E-state index >= 15 is 0 Å². The van der Waals surface area contributed by atoms with E-state index in [9.17, 15) is 0 Å². The number of hydrogen-bond donors (Lipinski definition) is 2. The van der Waals surface area contributed by atoms with Gasteiger partial charge in [0.2, 0.25) is 0 Å². The number of nitrogens with one attached hydrogen (secondary N) is 1. The molecular formula is C15H15Cl3N2O. The lowest BCUT2D eigenvalue weighted by Crippen LogP contribution is -2.30. The molecule has 0 aliphatic rings. The predicted octanol–water partition coefficient (Wildman–Crippen LogP) is 4.40. The molecule has 2 aromatic rings. The van der Waals surface area contributed by atoms with Gasteiger partial charge in [0, 0.05) is 5.02 Å². The van der Waals surface area contributed by atoms with E-state index in [2.05, 4.69) is 5.43 Å². The minimum atomic E-state index is -0.205. The average molecular weight is 346 g/mol. The Morgan fingerprint density at radius 2 is 1.95 bits per heavy atom. The van der Waals surface area contributed by atoms with Gasteiger partial charge in [0.15, 0.2) is 0 Å². The number of hydrogen-bond acceptors (Lipinski definition) is 3. The fourth-order valence-corrected chi connectivity index (χ4v) is 2.81. The van der Waals surface area contributed by atoms with Crippen LogP contribution in [0.4, 0.5) is 0 Å². The van der Waals surface area contributed by atoms with Crippen molar-refractivity contribution in [2.24, 2.45) is 5.84 Å². The van der Waals surface area contributed by atoms with E-state index in [0.717, 1.165) is 16.9 Å². The van der Waals surface area contributed by atoms with Gasteiger partial charge in [-0.05, 0) is 41.8 Å². The lowest BCUT2D eigenvalue weighted by molar-refractivity contribution is 0.405. The summed E-state index contributed by atoms with van der Waals surface area (Å²) < 4.78 is 5.35.